The zero-order chi connectivity index (χ0) is 26.8. The van der Waals surface area contributed by atoms with E-state index in [2.05, 4.69) is 182 Å². The van der Waals surface area contributed by atoms with E-state index < -0.39 is 15.2 Å². The SMILES string of the molecule is Br.[Br-].[CH2][P+](c1ccccc1)(c1ccccc1)c1ccccc1.c1ccc(P(c2ccccc2)c2ccccc2)cc1. The Labute approximate surface area is 268 Å². The van der Waals surface area contributed by atoms with Crippen LogP contribution in [0.25, 0.3) is 0 Å². The van der Waals surface area contributed by atoms with E-state index in [9.17, 15) is 0 Å². The predicted molar refractivity (Wildman–Crippen MR) is 186 cm³/mol. The summed E-state index contributed by atoms with van der Waals surface area (Å²) in [4.78, 5) is 0. The van der Waals surface area contributed by atoms with Gasteiger partial charge in [-0.2, -0.15) is 0 Å². The first-order valence-electron chi connectivity index (χ1n) is 13.1. The molecule has 0 spiro atoms. The fourth-order valence-corrected chi connectivity index (χ4v) is 9.92. The summed E-state index contributed by atoms with van der Waals surface area (Å²) in [5.41, 5.74) is 0. The number of hydrogen-bond acceptors (Lipinski definition) is 0. The molecule has 0 fully saturated rings. The van der Waals surface area contributed by atoms with Gasteiger partial charge in [0.1, 0.15) is 29.8 Å². The normalized spacial score (nSPS) is 10.4. The molecule has 6 aromatic rings. The number of benzene rings is 6. The van der Waals surface area contributed by atoms with Gasteiger partial charge in [-0.3, -0.25) is 0 Å². The van der Waals surface area contributed by atoms with Gasteiger partial charge >= 0.3 is 0 Å². The first kappa shape index (κ1) is 32.7. The van der Waals surface area contributed by atoms with Crippen LogP contribution in [0, 0.1) is 6.66 Å². The van der Waals surface area contributed by atoms with Crippen LogP contribution in [0.3, 0.4) is 0 Å². The van der Waals surface area contributed by atoms with Crippen LogP contribution in [0.2, 0.25) is 0 Å². The van der Waals surface area contributed by atoms with Crippen molar-refractivity contribution >= 4 is 64.0 Å². The predicted octanol–water partition coefficient (Wildman–Crippen LogP) is 4.80. The molecule has 0 heterocycles. The summed E-state index contributed by atoms with van der Waals surface area (Å²) >= 11 is 0. The second-order valence-electron chi connectivity index (χ2n) is 9.16. The van der Waals surface area contributed by atoms with Gasteiger partial charge in [-0.15, -0.1) is 17.0 Å². The Kier molecular flexibility index (Phi) is 13.2. The maximum absolute atomic E-state index is 4.69. The zero-order valence-corrected chi connectivity index (χ0v) is 27.8. The second-order valence-corrected chi connectivity index (χ2v) is 14.5. The summed E-state index contributed by atoms with van der Waals surface area (Å²) in [5.74, 6) is 0. The summed E-state index contributed by atoms with van der Waals surface area (Å²) in [6.45, 7) is 4.69. The van der Waals surface area contributed by atoms with Gasteiger partial charge < -0.3 is 17.0 Å². The Morgan fingerprint density at radius 2 is 0.537 bits per heavy atom. The first-order valence-corrected chi connectivity index (χ1v) is 16.4. The van der Waals surface area contributed by atoms with Crippen LogP contribution < -0.4 is 48.8 Å². The third kappa shape index (κ3) is 8.12. The van der Waals surface area contributed by atoms with E-state index in [4.69, 9.17) is 6.66 Å². The van der Waals surface area contributed by atoms with Gasteiger partial charge in [0.2, 0.25) is 0 Å². The molecule has 0 aromatic heterocycles. The molecule has 4 heteroatoms. The molecule has 6 aromatic carbocycles. The quantitative estimate of drug-likeness (QED) is 0.220. The van der Waals surface area contributed by atoms with Gasteiger partial charge in [-0.25, -0.2) is 0 Å². The lowest BCUT2D eigenvalue weighted by atomic mass is 10.4. The molecule has 0 N–H and O–H groups in total. The summed E-state index contributed by atoms with van der Waals surface area (Å²) in [6.07, 6.45) is 0. The molecular weight excluding hydrogens is 666 g/mol. The van der Waals surface area contributed by atoms with Crippen molar-refractivity contribution in [1.82, 2.24) is 0 Å². The molecular formula is C37H33Br2P2. The highest BCUT2D eigenvalue weighted by Crippen LogP contribution is 2.53. The molecule has 205 valence electrons. The third-order valence-electron chi connectivity index (χ3n) is 6.63. The highest BCUT2D eigenvalue weighted by atomic mass is 79.9. The van der Waals surface area contributed by atoms with Crippen LogP contribution in [-0.4, -0.2) is 0 Å². The van der Waals surface area contributed by atoms with Crippen LogP contribution in [0.15, 0.2) is 182 Å². The maximum atomic E-state index is 4.69. The topological polar surface area (TPSA) is 0 Å². The van der Waals surface area contributed by atoms with Gasteiger partial charge in [-0.1, -0.05) is 146 Å². The molecule has 0 nitrogen and oxygen atoms in total. The summed E-state index contributed by atoms with van der Waals surface area (Å²) in [6, 6.07) is 64.3. The summed E-state index contributed by atoms with van der Waals surface area (Å²) in [5, 5.41) is 8.15. The Morgan fingerprint density at radius 1 is 0.341 bits per heavy atom. The molecule has 0 unspecified atom stereocenters. The number of rotatable bonds is 6. The minimum Gasteiger partial charge on any atom is -1.00 e. The Hall–Kier alpha value is -2.86. The highest BCUT2D eigenvalue weighted by Gasteiger charge is 2.40. The first-order chi connectivity index (χ1) is 19.3. The van der Waals surface area contributed by atoms with Crippen LogP contribution in [0.4, 0.5) is 0 Å². The lowest BCUT2D eigenvalue weighted by Crippen LogP contribution is -3.00. The van der Waals surface area contributed by atoms with E-state index in [-0.39, 0.29) is 34.0 Å². The summed E-state index contributed by atoms with van der Waals surface area (Å²) in [7, 11) is -2.22. The monoisotopic (exact) mass is 697 g/mol. The van der Waals surface area contributed by atoms with E-state index in [0.717, 1.165) is 0 Å². The maximum Gasteiger partial charge on any atom is 0.115 e. The second kappa shape index (κ2) is 16.5. The van der Waals surface area contributed by atoms with E-state index in [1.165, 1.54) is 31.8 Å². The molecule has 0 aliphatic carbocycles. The molecule has 0 amide bonds. The Morgan fingerprint density at radius 3 is 0.756 bits per heavy atom. The van der Waals surface area contributed by atoms with Crippen LogP contribution in [0.1, 0.15) is 0 Å². The van der Waals surface area contributed by atoms with Crippen molar-refractivity contribution < 1.29 is 17.0 Å². The van der Waals surface area contributed by atoms with Crippen LogP contribution >= 0.6 is 32.2 Å². The summed E-state index contributed by atoms with van der Waals surface area (Å²) < 4.78 is 0. The standard InChI is InChI=1S/C19H17P.C18H15P.2BrH/c1-20(17-11-5-2-6-12-17,18-13-7-3-8-14-18)19-15-9-4-10-16-19;1-4-10-16(11-5-1)19(17-12-6-2-7-13-17)18-14-8-3-9-15-18;;/h2-16H,1H2;1-15H;2*1H/q+1;;;/p-1. The third-order valence-corrected chi connectivity index (χ3v) is 12.6. The van der Waals surface area contributed by atoms with Crippen molar-refractivity contribution in [2.24, 2.45) is 0 Å². The van der Waals surface area contributed by atoms with Gasteiger partial charge in [0.25, 0.3) is 0 Å². The number of halogens is 2. The average Bonchev–Trinajstić information content (AvgIpc) is 3.04. The van der Waals surface area contributed by atoms with Crippen LogP contribution in [0.5, 0.6) is 0 Å². The molecule has 0 aliphatic rings. The van der Waals surface area contributed by atoms with Gasteiger partial charge in [-0.05, 0) is 60.2 Å². The van der Waals surface area contributed by atoms with E-state index in [1.807, 2.05) is 0 Å². The Bertz CT molecular complexity index is 1340. The Balaban J connectivity index is 0.000000215. The van der Waals surface area contributed by atoms with E-state index in [1.54, 1.807) is 0 Å². The number of hydrogen-bond donors (Lipinski definition) is 0. The molecule has 0 saturated heterocycles. The van der Waals surface area contributed by atoms with Gasteiger partial charge in [0.15, 0.2) is 0 Å². The largest absolute Gasteiger partial charge is 1.00 e. The van der Waals surface area contributed by atoms with Crippen molar-refractivity contribution in [3.05, 3.63) is 189 Å². The van der Waals surface area contributed by atoms with Gasteiger partial charge in [0, 0.05) is 0 Å². The van der Waals surface area contributed by atoms with Crippen molar-refractivity contribution in [1.29, 1.82) is 0 Å². The highest BCUT2D eigenvalue weighted by molar-refractivity contribution is 8.93. The minimum absolute atomic E-state index is 0. The van der Waals surface area contributed by atoms with Crippen molar-refractivity contribution in [3.8, 4) is 0 Å². The average molecular weight is 699 g/mol. The minimum atomic E-state index is -1.78. The zero-order valence-electron chi connectivity index (χ0n) is 22.7. The lowest BCUT2D eigenvalue weighted by Gasteiger charge is -2.22. The van der Waals surface area contributed by atoms with Crippen molar-refractivity contribution in [2.45, 2.75) is 0 Å². The van der Waals surface area contributed by atoms with Gasteiger partial charge in [0.05, 0.1) is 0 Å². The lowest BCUT2D eigenvalue weighted by molar-refractivity contribution is -0.00000751. The fraction of sp³-hybridized carbons (Fsp3) is 0. The van der Waals surface area contributed by atoms with Crippen molar-refractivity contribution in [2.75, 3.05) is 0 Å². The molecule has 1 radical (unpaired) electrons. The molecule has 0 atom stereocenters. The van der Waals surface area contributed by atoms with E-state index in [0.29, 0.717) is 0 Å². The fourth-order valence-electron chi connectivity index (χ4n) is 4.67. The molecule has 0 bridgehead atoms. The molecule has 41 heavy (non-hydrogen) atoms. The molecule has 0 aliphatic heterocycles. The smallest absolute Gasteiger partial charge is 0.115 e. The molecule has 0 saturated carbocycles. The van der Waals surface area contributed by atoms with Crippen molar-refractivity contribution in [3.63, 3.8) is 0 Å². The molecule has 6 rings (SSSR count). The van der Waals surface area contributed by atoms with E-state index >= 15 is 0 Å². The van der Waals surface area contributed by atoms with Crippen LogP contribution in [-0.2, 0) is 0 Å².